The Morgan fingerprint density at radius 2 is 1.87 bits per heavy atom. The third-order valence-corrected chi connectivity index (χ3v) is 4.65. The molecular formula is C18H29N3O2. The van der Waals surface area contributed by atoms with Crippen LogP contribution in [0, 0.1) is 0 Å². The van der Waals surface area contributed by atoms with Gasteiger partial charge in [-0.15, -0.1) is 0 Å². The van der Waals surface area contributed by atoms with Gasteiger partial charge in [-0.1, -0.05) is 19.1 Å². The molecule has 1 aromatic carbocycles. The van der Waals surface area contributed by atoms with Gasteiger partial charge < -0.3 is 15.0 Å². The van der Waals surface area contributed by atoms with E-state index in [0.717, 1.165) is 44.9 Å². The number of amides is 1. The molecule has 1 fully saturated rings. The van der Waals surface area contributed by atoms with Gasteiger partial charge in [-0.2, -0.15) is 0 Å². The van der Waals surface area contributed by atoms with Crippen molar-refractivity contribution in [2.45, 2.75) is 26.3 Å². The molecule has 1 aliphatic rings. The summed E-state index contributed by atoms with van der Waals surface area (Å²) in [6, 6.07) is 7.93. The topological polar surface area (TPSA) is 44.8 Å². The van der Waals surface area contributed by atoms with Crippen molar-refractivity contribution in [3.05, 3.63) is 29.8 Å². The highest BCUT2D eigenvalue weighted by Gasteiger charge is 2.24. The molecule has 1 heterocycles. The van der Waals surface area contributed by atoms with E-state index in [9.17, 15) is 4.79 Å². The van der Waals surface area contributed by atoms with E-state index in [1.165, 1.54) is 5.56 Å². The Morgan fingerprint density at radius 3 is 2.43 bits per heavy atom. The first-order valence-corrected chi connectivity index (χ1v) is 8.51. The molecule has 23 heavy (non-hydrogen) atoms. The molecule has 0 aromatic heterocycles. The average molecular weight is 319 g/mol. The van der Waals surface area contributed by atoms with Crippen molar-refractivity contribution < 1.29 is 9.53 Å². The fourth-order valence-electron chi connectivity index (χ4n) is 2.90. The van der Waals surface area contributed by atoms with Gasteiger partial charge in [0.1, 0.15) is 5.75 Å². The van der Waals surface area contributed by atoms with Crippen LogP contribution < -0.4 is 10.1 Å². The van der Waals surface area contributed by atoms with Crippen LogP contribution in [-0.2, 0) is 11.2 Å². The fraction of sp³-hybridized carbons (Fsp3) is 0.611. The SMILES string of the molecule is CCN1CCN(C(C)C(=O)NCCc2ccc(OC)cc2)CC1. The summed E-state index contributed by atoms with van der Waals surface area (Å²) >= 11 is 0. The first-order valence-electron chi connectivity index (χ1n) is 8.51. The summed E-state index contributed by atoms with van der Waals surface area (Å²) in [7, 11) is 1.66. The van der Waals surface area contributed by atoms with E-state index in [-0.39, 0.29) is 11.9 Å². The normalized spacial score (nSPS) is 17.7. The number of carbonyl (C=O) groups is 1. The van der Waals surface area contributed by atoms with E-state index in [2.05, 4.69) is 22.0 Å². The molecule has 0 spiro atoms. The first-order chi connectivity index (χ1) is 11.1. The molecule has 0 radical (unpaired) electrons. The van der Waals surface area contributed by atoms with E-state index in [1.807, 2.05) is 31.2 Å². The Balaban J connectivity index is 1.71. The molecule has 1 saturated heterocycles. The number of nitrogens with zero attached hydrogens (tertiary/aromatic N) is 2. The second-order valence-electron chi connectivity index (χ2n) is 6.04. The Hall–Kier alpha value is -1.59. The molecular weight excluding hydrogens is 290 g/mol. The maximum absolute atomic E-state index is 12.3. The Kier molecular flexibility index (Phi) is 6.86. The lowest BCUT2D eigenvalue weighted by Gasteiger charge is -2.36. The first kappa shape index (κ1) is 17.8. The van der Waals surface area contributed by atoms with Crippen LogP contribution in [0.4, 0.5) is 0 Å². The summed E-state index contributed by atoms with van der Waals surface area (Å²) in [6.07, 6.45) is 0.839. The number of carbonyl (C=O) groups excluding carboxylic acids is 1. The number of methoxy groups -OCH3 is 1. The van der Waals surface area contributed by atoms with Crippen LogP contribution in [0.5, 0.6) is 5.75 Å². The molecule has 1 N–H and O–H groups in total. The van der Waals surface area contributed by atoms with Crippen LogP contribution in [0.25, 0.3) is 0 Å². The highest BCUT2D eigenvalue weighted by Crippen LogP contribution is 2.11. The second-order valence-corrected chi connectivity index (χ2v) is 6.04. The van der Waals surface area contributed by atoms with Crippen molar-refractivity contribution in [2.24, 2.45) is 0 Å². The molecule has 5 heteroatoms. The van der Waals surface area contributed by atoms with Gasteiger partial charge in [-0.05, 0) is 37.6 Å². The van der Waals surface area contributed by atoms with Gasteiger partial charge >= 0.3 is 0 Å². The molecule has 0 aliphatic carbocycles. The molecule has 0 saturated carbocycles. The van der Waals surface area contributed by atoms with Crippen molar-refractivity contribution in [1.82, 2.24) is 15.1 Å². The number of ether oxygens (including phenoxy) is 1. The minimum Gasteiger partial charge on any atom is -0.497 e. The van der Waals surface area contributed by atoms with E-state index >= 15 is 0 Å². The van der Waals surface area contributed by atoms with Gasteiger partial charge in [-0.25, -0.2) is 0 Å². The van der Waals surface area contributed by atoms with Crippen LogP contribution in [0.3, 0.4) is 0 Å². The summed E-state index contributed by atoms with van der Waals surface area (Å²) in [6.45, 7) is 10.0. The number of hydrogen-bond acceptors (Lipinski definition) is 4. The zero-order valence-electron chi connectivity index (χ0n) is 14.5. The van der Waals surface area contributed by atoms with Crippen LogP contribution in [0.2, 0.25) is 0 Å². The summed E-state index contributed by atoms with van der Waals surface area (Å²) in [5.41, 5.74) is 1.20. The lowest BCUT2D eigenvalue weighted by Crippen LogP contribution is -2.53. The van der Waals surface area contributed by atoms with Crippen molar-refractivity contribution in [2.75, 3.05) is 46.4 Å². The molecule has 1 unspecified atom stereocenters. The molecule has 2 rings (SSSR count). The average Bonchev–Trinajstić information content (AvgIpc) is 2.61. The number of likely N-dealkylation sites (N-methyl/N-ethyl adjacent to an activating group) is 1. The van der Waals surface area contributed by atoms with Gasteiger partial charge in [0.05, 0.1) is 13.2 Å². The van der Waals surface area contributed by atoms with Gasteiger partial charge in [0, 0.05) is 32.7 Å². The van der Waals surface area contributed by atoms with Crippen LogP contribution in [0.1, 0.15) is 19.4 Å². The zero-order chi connectivity index (χ0) is 16.7. The smallest absolute Gasteiger partial charge is 0.237 e. The van der Waals surface area contributed by atoms with Crippen molar-refractivity contribution in [3.63, 3.8) is 0 Å². The van der Waals surface area contributed by atoms with E-state index in [0.29, 0.717) is 6.54 Å². The van der Waals surface area contributed by atoms with Gasteiger partial charge in [0.15, 0.2) is 0 Å². The van der Waals surface area contributed by atoms with Crippen molar-refractivity contribution in [1.29, 1.82) is 0 Å². The van der Waals surface area contributed by atoms with Crippen molar-refractivity contribution in [3.8, 4) is 5.75 Å². The Bertz CT molecular complexity index is 482. The minimum absolute atomic E-state index is 0.0510. The molecule has 0 bridgehead atoms. The number of hydrogen-bond donors (Lipinski definition) is 1. The Labute approximate surface area is 139 Å². The van der Waals surface area contributed by atoms with Gasteiger partial charge in [-0.3, -0.25) is 9.69 Å². The number of rotatable bonds is 7. The van der Waals surface area contributed by atoms with Crippen LogP contribution in [-0.4, -0.2) is 68.1 Å². The van der Waals surface area contributed by atoms with E-state index in [4.69, 9.17) is 4.74 Å². The molecule has 1 aromatic rings. The maximum Gasteiger partial charge on any atom is 0.237 e. The standard InChI is InChI=1S/C18H29N3O2/c1-4-20-11-13-21(14-12-20)15(2)18(22)19-10-9-16-5-7-17(23-3)8-6-16/h5-8,15H,4,9-14H2,1-3H3,(H,19,22). The molecule has 1 amide bonds. The second kappa shape index (κ2) is 8.89. The summed E-state index contributed by atoms with van der Waals surface area (Å²) in [5, 5.41) is 3.06. The van der Waals surface area contributed by atoms with Gasteiger partial charge in [0.2, 0.25) is 5.91 Å². The summed E-state index contributed by atoms with van der Waals surface area (Å²) < 4.78 is 5.15. The highest BCUT2D eigenvalue weighted by atomic mass is 16.5. The minimum atomic E-state index is -0.0510. The predicted molar refractivity (Wildman–Crippen MR) is 92.9 cm³/mol. The number of benzene rings is 1. The number of piperazine rings is 1. The fourth-order valence-corrected chi connectivity index (χ4v) is 2.90. The summed E-state index contributed by atoms with van der Waals surface area (Å²) in [5.74, 6) is 0.987. The lowest BCUT2D eigenvalue weighted by atomic mass is 10.1. The molecule has 1 atom stereocenters. The largest absolute Gasteiger partial charge is 0.497 e. The van der Waals surface area contributed by atoms with Gasteiger partial charge in [0.25, 0.3) is 0 Å². The van der Waals surface area contributed by atoms with Crippen LogP contribution >= 0.6 is 0 Å². The molecule has 1 aliphatic heterocycles. The zero-order valence-corrected chi connectivity index (χ0v) is 14.5. The summed E-state index contributed by atoms with van der Waals surface area (Å²) in [4.78, 5) is 17.0. The van der Waals surface area contributed by atoms with Crippen LogP contribution in [0.15, 0.2) is 24.3 Å². The molecule has 5 nitrogen and oxygen atoms in total. The third kappa shape index (κ3) is 5.22. The third-order valence-electron chi connectivity index (χ3n) is 4.65. The van der Waals surface area contributed by atoms with E-state index in [1.54, 1.807) is 7.11 Å². The van der Waals surface area contributed by atoms with E-state index < -0.39 is 0 Å². The van der Waals surface area contributed by atoms with Crippen molar-refractivity contribution >= 4 is 5.91 Å². The maximum atomic E-state index is 12.3. The highest BCUT2D eigenvalue weighted by molar-refractivity contribution is 5.81. The lowest BCUT2D eigenvalue weighted by molar-refractivity contribution is -0.126. The number of nitrogens with one attached hydrogen (secondary N) is 1. The predicted octanol–water partition coefficient (Wildman–Crippen LogP) is 1.38. The molecule has 128 valence electrons. The Morgan fingerprint density at radius 1 is 1.22 bits per heavy atom. The quantitative estimate of drug-likeness (QED) is 0.825. The monoisotopic (exact) mass is 319 g/mol.